The third kappa shape index (κ3) is 6.12. The van der Waals surface area contributed by atoms with Crippen molar-refractivity contribution < 1.29 is 18.0 Å². The molecular weight excluding hydrogens is 457 g/mol. The summed E-state index contributed by atoms with van der Waals surface area (Å²) in [4.78, 5) is 23.5. The van der Waals surface area contributed by atoms with Gasteiger partial charge in [-0.3, -0.25) is 0 Å². The van der Waals surface area contributed by atoms with Gasteiger partial charge in [-0.25, -0.2) is 9.78 Å². The number of nitrogens with one attached hydrogen (secondary N) is 3. The highest BCUT2D eigenvalue weighted by Crippen LogP contribution is 2.34. The molecule has 10 heteroatoms. The Kier molecular flexibility index (Phi) is 7.28. The largest absolute Gasteiger partial charge is 0.418 e. The van der Waals surface area contributed by atoms with E-state index in [2.05, 4.69) is 20.9 Å². The van der Waals surface area contributed by atoms with Gasteiger partial charge < -0.3 is 20.9 Å². The maximum absolute atomic E-state index is 13.1. The van der Waals surface area contributed by atoms with Crippen molar-refractivity contribution in [2.24, 2.45) is 5.92 Å². The zero-order valence-electron chi connectivity index (χ0n) is 19.7. The molecule has 1 heterocycles. The molecule has 35 heavy (non-hydrogen) atoms. The van der Waals surface area contributed by atoms with Crippen molar-refractivity contribution in [1.29, 1.82) is 0 Å². The highest BCUT2D eigenvalue weighted by Gasteiger charge is 2.33. The van der Waals surface area contributed by atoms with Crippen LogP contribution in [0, 0.1) is 5.92 Å². The number of urea groups is 1. The van der Waals surface area contributed by atoms with Gasteiger partial charge in [0.15, 0.2) is 0 Å². The van der Waals surface area contributed by atoms with Crippen molar-refractivity contribution in [2.75, 3.05) is 36.2 Å². The summed E-state index contributed by atoms with van der Waals surface area (Å²) in [6.07, 6.45) is -0.996. The highest BCUT2D eigenvalue weighted by molar-refractivity contribution is 5.91. The van der Waals surface area contributed by atoms with Crippen LogP contribution in [0.4, 0.5) is 35.4 Å². The lowest BCUT2D eigenvalue weighted by molar-refractivity contribution is -0.136. The topological polar surface area (TPSA) is 82.2 Å². The fourth-order valence-electron chi connectivity index (χ4n) is 4.40. The van der Waals surface area contributed by atoms with Crippen LogP contribution in [0.2, 0.25) is 0 Å². The number of aromatic nitrogens is 2. The Morgan fingerprint density at radius 2 is 1.69 bits per heavy atom. The SMILES string of the molecule is CN(C)c1nc(N[C@H]2CC[C@@H](CNC(=O)Nc3ccccc3C(F)(F)F)CC2)nc2ccccc12. The molecule has 0 atom stereocenters. The predicted octanol–water partition coefficient (Wildman–Crippen LogP) is 5.51. The van der Waals surface area contributed by atoms with Gasteiger partial charge in [0.25, 0.3) is 0 Å². The first-order valence-electron chi connectivity index (χ1n) is 11.6. The Hall–Kier alpha value is -3.56. The molecule has 2 amide bonds. The van der Waals surface area contributed by atoms with Crippen molar-refractivity contribution in [1.82, 2.24) is 15.3 Å². The van der Waals surface area contributed by atoms with Crippen LogP contribution in [0.3, 0.4) is 0 Å². The van der Waals surface area contributed by atoms with Gasteiger partial charge in [0, 0.05) is 32.1 Å². The Bertz CT molecular complexity index is 1180. The Labute approximate surface area is 202 Å². The molecule has 1 saturated carbocycles. The lowest BCUT2D eigenvalue weighted by Gasteiger charge is -2.29. The van der Waals surface area contributed by atoms with E-state index < -0.39 is 17.8 Å². The van der Waals surface area contributed by atoms with Gasteiger partial charge in [0.2, 0.25) is 5.95 Å². The number of halogens is 3. The average molecular weight is 487 g/mol. The van der Waals surface area contributed by atoms with Gasteiger partial charge >= 0.3 is 12.2 Å². The molecule has 3 N–H and O–H groups in total. The molecule has 1 aliphatic rings. The first kappa shape index (κ1) is 24.6. The second-order valence-corrected chi connectivity index (χ2v) is 9.02. The number of anilines is 3. The van der Waals surface area contributed by atoms with E-state index in [9.17, 15) is 18.0 Å². The van der Waals surface area contributed by atoms with Crippen LogP contribution in [-0.4, -0.2) is 42.7 Å². The van der Waals surface area contributed by atoms with Gasteiger partial charge in [-0.2, -0.15) is 18.2 Å². The predicted molar refractivity (Wildman–Crippen MR) is 132 cm³/mol. The van der Waals surface area contributed by atoms with Crippen LogP contribution in [0.25, 0.3) is 10.9 Å². The number of carbonyl (C=O) groups is 1. The molecular formula is C25H29F3N6O. The van der Waals surface area contributed by atoms with Gasteiger partial charge in [0.05, 0.1) is 16.8 Å². The fraction of sp³-hybridized carbons (Fsp3) is 0.400. The van der Waals surface area contributed by atoms with E-state index in [-0.39, 0.29) is 17.6 Å². The molecule has 1 aromatic heterocycles. The minimum absolute atomic E-state index is 0.218. The van der Waals surface area contributed by atoms with Crippen LogP contribution in [0.15, 0.2) is 48.5 Å². The van der Waals surface area contributed by atoms with Gasteiger partial charge in [0.1, 0.15) is 5.82 Å². The summed E-state index contributed by atoms with van der Waals surface area (Å²) in [6, 6.07) is 12.4. The van der Waals surface area contributed by atoms with Crippen molar-refractivity contribution in [2.45, 2.75) is 37.9 Å². The summed E-state index contributed by atoms with van der Waals surface area (Å²) >= 11 is 0. The lowest BCUT2D eigenvalue weighted by atomic mass is 9.86. The molecule has 0 saturated heterocycles. The summed E-state index contributed by atoms with van der Waals surface area (Å²) in [5, 5.41) is 9.49. The van der Waals surface area contributed by atoms with Crippen molar-refractivity contribution >= 4 is 34.4 Å². The first-order valence-corrected chi connectivity index (χ1v) is 11.6. The number of hydrogen-bond donors (Lipinski definition) is 3. The van der Waals surface area contributed by atoms with Crippen LogP contribution >= 0.6 is 0 Å². The Balaban J connectivity index is 1.28. The van der Waals surface area contributed by atoms with E-state index in [4.69, 9.17) is 4.98 Å². The van der Waals surface area contributed by atoms with Crippen LogP contribution in [0.5, 0.6) is 0 Å². The monoisotopic (exact) mass is 486 g/mol. The minimum Gasteiger partial charge on any atom is -0.362 e. The number of nitrogens with zero attached hydrogens (tertiary/aromatic N) is 3. The summed E-state index contributed by atoms with van der Waals surface area (Å²) in [5.74, 6) is 1.71. The smallest absolute Gasteiger partial charge is 0.362 e. The number of carbonyl (C=O) groups excluding carboxylic acids is 1. The Morgan fingerprint density at radius 1 is 1.00 bits per heavy atom. The molecule has 0 radical (unpaired) electrons. The second-order valence-electron chi connectivity index (χ2n) is 9.02. The van der Waals surface area contributed by atoms with Gasteiger partial charge in [-0.05, 0) is 55.9 Å². The molecule has 0 bridgehead atoms. The number of amides is 2. The number of para-hydroxylation sites is 2. The van der Waals surface area contributed by atoms with Gasteiger partial charge in [-0.15, -0.1) is 0 Å². The zero-order chi connectivity index (χ0) is 25.0. The highest BCUT2D eigenvalue weighted by atomic mass is 19.4. The number of rotatable bonds is 6. The van der Waals surface area contributed by atoms with E-state index in [0.717, 1.165) is 48.5 Å². The van der Waals surface area contributed by atoms with Crippen LogP contribution in [-0.2, 0) is 6.18 Å². The molecule has 0 unspecified atom stereocenters. The average Bonchev–Trinajstić information content (AvgIpc) is 2.82. The molecule has 1 fully saturated rings. The summed E-state index contributed by atoms with van der Waals surface area (Å²) in [5.41, 5.74) is -0.238. The first-order chi connectivity index (χ1) is 16.7. The summed E-state index contributed by atoms with van der Waals surface area (Å²) < 4.78 is 39.4. The van der Waals surface area contributed by atoms with Gasteiger partial charge in [-0.1, -0.05) is 24.3 Å². The third-order valence-corrected chi connectivity index (χ3v) is 6.22. The van der Waals surface area contributed by atoms with E-state index in [1.165, 1.54) is 18.2 Å². The van der Waals surface area contributed by atoms with Crippen LogP contribution in [0.1, 0.15) is 31.2 Å². The van der Waals surface area contributed by atoms with E-state index in [1.807, 2.05) is 43.3 Å². The normalized spacial score (nSPS) is 18.2. The van der Waals surface area contributed by atoms with Crippen LogP contribution < -0.4 is 20.9 Å². The molecule has 0 spiro atoms. The number of hydrogen-bond acceptors (Lipinski definition) is 5. The molecule has 4 rings (SSSR count). The van der Waals surface area contributed by atoms with E-state index in [1.54, 1.807) is 0 Å². The molecule has 3 aromatic rings. The molecule has 7 nitrogen and oxygen atoms in total. The fourth-order valence-corrected chi connectivity index (χ4v) is 4.40. The van der Waals surface area contributed by atoms with E-state index >= 15 is 0 Å². The maximum atomic E-state index is 13.1. The van der Waals surface area contributed by atoms with Crippen molar-refractivity contribution in [3.05, 3.63) is 54.1 Å². The molecule has 2 aromatic carbocycles. The van der Waals surface area contributed by atoms with Crippen molar-refractivity contribution in [3.63, 3.8) is 0 Å². The summed E-state index contributed by atoms with van der Waals surface area (Å²) in [6.45, 7) is 0.407. The van der Waals surface area contributed by atoms with Crippen molar-refractivity contribution in [3.8, 4) is 0 Å². The quantitative estimate of drug-likeness (QED) is 0.428. The molecule has 1 aliphatic carbocycles. The third-order valence-electron chi connectivity index (χ3n) is 6.22. The second kappa shape index (κ2) is 10.4. The molecule has 0 aliphatic heterocycles. The summed E-state index contributed by atoms with van der Waals surface area (Å²) in [7, 11) is 3.91. The number of fused-ring (bicyclic) bond motifs is 1. The number of alkyl halides is 3. The molecule has 186 valence electrons. The zero-order valence-corrected chi connectivity index (χ0v) is 19.7. The Morgan fingerprint density at radius 3 is 2.40 bits per heavy atom. The lowest BCUT2D eigenvalue weighted by Crippen LogP contribution is -2.36. The maximum Gasteiger partial charge on any atom is 0.418 e. The minimum atomic E-state index is -4.53. The van der Waals surface area contributed by atoms with E-state index in [0.29, 0.717) is 12.5 Å². The standard InChI is InChI=1S/C25H29F3N6O/c1-34(2)22-18-7-3-5-9-20(18)31-23(33-22)30-17-13-11-16(12-14-17)15-29-24(35)32-21-10-6-4-8-19(21)25(26,27)28/h3-10,16-17H,11-15H2,1-2H3,(H2,29,32,35)(H,30,31,33)/t16-,17+. The number of benzene rings is 2.